The summed E-state index contributed by atoms with van der Waals surface area (Å²) in [7, 11) is -3.69. The van der Waals surface area contributed by atoms with Crippen molar-refractivity contribution < 1.29 is 18.0 Å². The molecule has 0 spiro atoms. The summed E-state index contributed by atoms with van der Waals surface area (Å²) in [4.78, 5) is 24.8. The Morgan fingerprint density at radius 1 is 0.914 bits per heavy atom. The number of anilines is 2. The van der Waals surface area contributed by atoms with Gasteiger partial charge in [-0.25, -0.2) is 13.8 Å². The maximum absolute atomic E-state index is 12.5. The number of hydrogen-bond donors (Lipinski definition) is 2. The Morgan fingerprint density at radius 3 is 2.20 bits per heavy atom. The van der Waals surface area contributed by atoms with E-state index in [0.717, 1.165) is 27.3 Å². The van der Waals surface area contributed by atoms with Crippen molar-refractivity contribution in [3.63, 3.8) is 0 Å². The molecule has 0 fully saturated rings. The topological polar surface area (TPSA) is 108 Å². The van der Waals surface area contributed by atoms with Crippen molar-refractivity contribution in [3.8, 4) is 0 Å². The first kappa shape index (κ1) is 25.6. The Hall–Kier alpha value is -3.98. The number of sulfonamides is 1. The first-order valence-corrected chi connectivity index (χ1v) is 12.7. The highest BCUT2D eigenvalue weighted by Gasteiger charge is 2.22. The van der Waals surface area contributed by atoms with Gasteiger partial charge in [-0.2, -0.15) is 5.10 Å². The van der Waals surface area contributed by atoms with Gasteiger partial charge in [-0.05, 0) is 67.8 Å². The largest absolute Gasteiger partial charge is 0.322 e. The number of amides is 2. The second kappa shape index (κ2) is 11.0. The van der Waals surface area contributed by atoms with Crippen LogP contribution in [0, 0.1) is 13.8 Å². The van der Waals surface area contributed by atoms with Crippen LogP contribution in [0.1, 0.15) is 34.0 Å². The summed E-state index contributed by atoms with van der Waals surface area (Å²) < 4.78 is 25.8. The predicted octanol–water partition coefficient (Wildman–Crippen LogP) is 3.86. The van der Waals surface area contributed by atoms with Gasteiger partial charge in [0.1, 0.15) is 6.54 Å². The molecule has 0 aliphatic heterocycles. The lowest BCUT2D eigenvalue weighted by atomic mass is 10.1. The molecule has 0 aromatic heterocycles. The van der Waals surface area contributed by atoms with Crippen molar-refractivity contribution in [2.45, 2.75) is 20.8 Å². The van der Waals surface area contributed by atoms with Crippen LogP contribution in [0.15, 0.2) is 77.9 Å². The molecule has 8 nitrogen and oxygen atoms in total. The fraction of sp³-hybridized carbons (Fsp3) is 0.192. The van der Waals surface area contributed by atoms with Crippen molar-refractivity contribution in [2.24, 2.45) is 5.10 Å². The van der Waals surface area contributed by atoms with Crippen LogP contribution in [-0.2, 0) is 14.8 Å². The number of carbonyl (C=O) groups excluding carboxylic acids is 2. The molecule has 182 valence electrons. The summed E-state index contributed by atoms with van der Waals surface area (Å²) >= 11 is 0. The third kappa shape index (κ3) is 7.00. The van der Waals surface area contributed by atoms with Gasteiger partial charge in [-0.15, -0.1) is 0 Å². The minimum Gasteiger partial charge on any atom is -0.322 e. The summed E-state index contributed by atoms with van der Waals surface area (Å²) in [5, 5.41) is 6.93. The lowest BCUT2D eigenvalue weighted by Gasteiger charge is -2.23. The van der Waals surface area contributed by atoms with Crippen LogP contribution < -0.4 is 15.0 Å². The lowest BCUT2D eigenvalue weighted by Crippen LogP contribution is -2.39. The second-order valence-electron chi connectivity index (χ2n) is 8.19. The van der Waals surface area contributed by atoms with Crippen molar-refractivity contribution in [3.05, 3.63) is 95.1 Å². The summed E-state index contributed by atoms with van der Waals surface area (Å²) in [5.41, 5.74) is 6.95. The molecule has 3 aromatic carbocycles. The number of nitrogens with one attached hydrogen (secondary N) is 2. The van der Waals surface area contributed by atoms with E-state index in [1.54, 1.807) is 68.4 Å². The van der Waals surface area contributed by atoms with E-state index in [-0.39, 0.29) is 5.91 Å². The second-order valence-corrected chi connectivity index (χ2v) is 10.1. The first-order chi connectivity index (χ1) is 16.5. The predicted molar refractivity (Wildman–Crippen MR) is 139 cm³/mol. The summed E-state index contributed by atoms with van der Waals surface area (Å²) in [6.45, 7) is 4.97. The average Bonchev–Trinajstić information content (AvgIpc) is 2.83. The van der Waals surface area contributed by atoms with Crippen LogP contribution in [0.5, 0.6) is 0 Å². The minimum absolute atomic E-state index is 0.213. The monoisotopic (exact) mass is 492 g/mol. The molecule has 3 rings (SSSR count). The van der Waals surface area contributed by atoms with Crippen molar-refractivity contribution >= 4 is 38.9 Å². The molecule has 2 amide bonds. The fourth-order valence-electron chi connectivity index (χ4n) is 3.33. The Balaban J connectivity index is 1.66. The van der Waals surface area contributed by atoms with E-state index in [4.69, 9.17) is 0 Å². The van der Waals surface area contributed by atoms with Gasteiger partial charge in [0.25, 0.3) is 11.8 Å². The van der Waals surface area contributed by atoms with E-state index in [1.807, 2.05) is 25.1 Å². The standard InChI is InChI=1S/C26H28N4O4S/c1-18-10-11-19(2)24(16-18)30(35(4,33)34)17-25(31)29-28-20(3)21-12-14-23(15-13-21)27-26(32)22-8-6-5-7-9-22/h5-16H,17H2,1-4H3,(H,27,32)(H,29,31)/b28-20+. The summed E-state index contributed by atoms with van der Waals surface area (Å²) in [6.07, 6.45) is 1.06. The molecule has 2 N–H and O–H groups in total. The third-order valence-electron chi connectivity index (χ3n) is 5.27. The molecule has 0 atom stereocenters. The van der Waals surface area contributed by atoms with Gasteiger partial charge in [-0.1, -0.05) is 42.5 Å². The zero-order valence-corrected chi connectivity index (χ0v) is 20.9. The van der Waals surface area contributed by atoms with Gasteiger partial charge < -0.3 is 5.32 Å². The van der Waals surface area contributed by atoms with Crippen LogP contribution in [0.3, 0.4) is 0 Å². The van der Waals surface area contributed by atoms with Crippen molar-refractivity contribution in [1.82, 2.24) is 5.43 Å². The SMILES string of the molecule is C/C(=N\NC(=O)CN(c1cc(C)ccc1C)S(C)(=O)=O)c1ccc(NC(=O)c2ccccc2)cc1. The smallest absolute Gasteiger partial charge is 0.260 e. The van der Waals surface area contributed by atoms with Gasteiger partial charge >= 0.3 is 0 Å². The van der Waals surface area contributed by atoms with Crippen LogP contribution in [0.2, 0.25) is 0 Å². The molecule has 0 aliphatic rings. The van der Waals surface area contributed by atoms with Crippen LogP contribution >= 0.6 is 0 Å². The molecule has 0 saturated heterocycles. The highest BCUT2D eigenvalue weighted by atomic mass is 32.2. The zero-order valence-electron chi connectivity index (χ0n) is 20.1. The maximum atomic E-state index is 12.5. The Morgan fingerprint density at radius 2 is 1.57 bits per heavy atom. The molecule has 3 aromatic rings. The van der Waals surface area contributed by atoms with Gasteiger partial charge in [0.2, 0.25) is 10.0 Å². The van der Waals surface area contributed by atoms with E-state index >= 15 is 0 Å². The van der Waals surface area contributed by atoms with E-state index < -0.39 is 22.5 Å². The number of carbonyl (C=O) groups is 2. The molecule has 9 heteroatoms. The minimum atomic E-state index is -3.69. The first-order valence-electron chi connectivity index (χ1n) is 10.9. The average molecular weight is 493 g/mol. The van der Waals surface area contributed by atoms with Crippen LogP contribution in [0.25, 0.3) is 0 Å². The number of aryl methyl sites for hydroxylation is 2. The number of hydrazone groups is 1. The maximum Gasteiger partial charge on any atom is 0.260 e. The van der Waals surface area contributed by atoms with Crippen LogP contribution in [0.4, 0.5) is 11.4 Å². The lowest BCUT2D eigenvalue weighted by molar-refractivity contribution is -0.119. The molecule has 0 saturated carbocycles. The Labute approximate surface area is 205 Å². The highest BCUT2D eigenvalue weighted by Crippen LogP contribution is 2.23. The number of hydrogen-bond acceptors (Lipinski definition) is 5. The molecular weight excluding hydrogens is 464 g/mol. The number of rotatable bonds is 8. The van der Waals surface area contributed by atoms with E-state index in [1.165, 1.54) is 0 Å². The fourth-order valence-corrected chi connectivity index (χ4v) is 4.24. The molecule has 0 heterocycles. The summed E-state index contributed by atoms with van der Waals surface area (Å²) in [6, 6.07) is 21.3. The molecule has 0 bridgehead atoms. The molecule has 0 unspecified atom stereocenters. The van der Waals surface area contributed by atoms with Gasteiger partial charge in [0, 0.05) is 11.3 Å². The number of benzene rings is 3. The molecular formula is C26H28N4O4S. The van der Waals surface area contributed by atoms with Crippen LogP contribution in [-0.4, -0.2) is 38.7 Å². The van der Waals surface area contributed by atoms with E-state index in [2.05, 4.69) is 15.8 Å². The van der Waals surface area contributed by atoms with Gasteiger partial charge in [0.15, 0.2) is 0 Å². The Bertz CT molecular complexity index is 1350. The number of nitrogens with zero attached hydrogens (tertiary/aromatic N) is 2. The molecule has 0 radical (unpaired) electrons. The molecule has 0 aliphatic carbocycles. The highest BCUT2D eigenvalue weighted by molar-refractivity contribution is 7.92. The van der Waals surface area contributed by atoms with Gasteiger partial charge in [0.05, 0.1) is 17.7 Å². The van der Waals surface area contributed by atoms with E-state index in [9.17, 15) is 18.0 Å². The van der Waals surface area contributed by atoms with Crippen molar-refractivity contribution in [2.75, 3.05) is 22.4 Å². The molecule has 35 heavy (non-hydrogen) atoms. The van der Waals surface area contributed by atoms with E-state index in [0.29, 0.717) is 22.6 Å². The van der Waals surface area contributed by atoms with Gasteiger partial charge in [-0.3, -0.25) is 13.9 Å². The zero-order chi connectivity index (χ0) is 25.6. The summed E-state index contributed by atoms with van der Waals surface area (Å²) in [5.74, 6) is -0.780. The quantitative estimate of drug-likeness (QED) is 0.368. The van der Waals surface area contributed by atoms with Crippen molar-refractivity contribution in [1.29, 1.82) is 0 Å². The third-order valence-corrected chi connectivity index (χ3v) is 6.39. The Kier molecular flexibility index (Phi) is 8.03. The normalized spacial score (nSPS) is 11.6.